The minimum absolute atomic E-state index is 0.326. The van der Waals surface area contributed by atoms with Gasteiger partial charge in [0.05, 0.1) is 11.6 Å². The van der Waals surface area contributed by atoms with E-state index < -0.39 is 0 Å². The molecule has 0 radical (unpaired) electrons. The summed E-state index contributed by atoms with van der Waals surface area (Å²) in [6.07, 6.45) is 2.77. The standard InChI is InChI=1S/C19H26N4O/c1-21-9-11-23-18-8-10-22(14-17(18)6-7-19(23)24)13-16-4-2-15(12-20)3-5-16/h2-5,17-18,21H,6-11,13-14H2,1H3/t17-,18+/m0/s1. The fraction of sp³-hybridized carbons (Fsp3) is 0.579. The monoisotopic (exact) mass is 326 g/mol. The van der Waals surface area contributed by atoms with Gasteiger partial charge in [-0.15, -0.1) is 0 Å². The molecule has 0 unspecified atom stereocenters. The molecule has 0 bridgehead atoms. The fourth-order valence-electron chi connectivity index (χ4n) is 4.04. The molecule has 2 atom stereocenters. The van der Waals surface area contributed by atoms with Crippen molar-refractivity contribution in [1.82, 2.24) is 15.1 Å². The molecule has 0 saturated carbocycles. The minimum Gasteiger partial charge on any atom is -0.338 e. The highest BCUT2D eigenvalue weighted by Crippen LogP contribution is 2.31. The number of hydrogen-bond acceptors (Lipinski definition) is 4. The number of carbonyl (C=O) groups excluding carboxylic acids is 1. The summed E-state index contributed by atoms with van der Waals surface area (Å²) in [7, 11) is 1.94. The van der Waals surface area contributed by atoms with Gasteiger partial charge in [0.2, 0.25) is 5.91 Å². The van der Waals surface area contributed by atoms with Crippen LogP contribution in [0.4, 0.5) is 0 Å². The lowest BCUT2D eigenvalue weighted by atomic mass is 9.83. The molecule has 1 aromatic carbocycles. The normalized spacial score (nSPS) is 24.5. The third-order valence-electron chi connectivity index (χ3n) is 5.32. The van der Waals surface area contributed by atoms with Crippen molar-refractivity contribution >= 4 is 5.91 Å². The topological polar surface area (TPSA) is 59.4 Å². The van der Waals surface area contributed by atoms with E-state index in [4.69, 9.17) is 5.26 Å². The number of hydrogen-bond donors (Lipinski definition) is 1. The third kappa shape index (κ3) is 3.77. The second-order valence-electron chi connectivity index (χ2n) is 6.89. The van der Waals surface area contributed by atoms with E-state index in [0.29, 0.717) is 29.9 Å². The average Bonchev–Trinajstić information content (AvgIpc) is 2.61. The van der Waals surface area contributed by atoms with E-state index in [2.05, 4.69) is 21.2 Å². The Morgan fingerprint density at radius 2 is 2.08 bits per heavy atom. The van der Waals surface area contributed by atoms with Crippen molar-refractivity contribution in [1.29, 1.82) is 5.26 Å². The predicted octanol–water partition coefficient (Wildman–Crippen LogP) is 1.59. The van der Waals surface area contributed by atoms with E-state index in [1.807, 2.05) is 31.3 Å². The molecule has 3 rings (SSSR count). The van der Waals surface area contributed by atoms with Crippen LogP contribution >= 0.6 is 0 Å². The van der Waals surface area contributed by atoms with Gasteiger partial charge in [-0.3, -0.25) is 9.69 Å². The maximum Gasteiger partial charge on any atom is 0.222 e. The third-order valence-corrected chi connectivity index (χ3v) is 5.32. The molecule has 2 heterocycles. The molecule has 1 amide bonds. The van der Waals surface area contributed by atoms with E-state index in [0.717, 1.165) is 45.6 Å². The molecule has 1 N–H and O–H groups in total. The van der Waals surface area contributed by atoms with Gasteiger partial charge in [0.25, 0.3) is 0 Å². The van der Waals surface area contributed by atoms with Gasteiger partial charge < -0.3 is 10.2 Å². The van der Waals surface area contributed by atoms with Crippen LogP contribution in [0, 0.1) is 17.2 Å². The first-order valence-electron chi connectivity index (χ1n) is 8.86. The number of nitrogens with one attached hydrogen (secondary N) is 1. The van der Waals surface area contributed by atoms with Crippen LogP contribution in [0.3, 0.4) is 0 Å². The zero-order valence-corrected chi connectivity index (χ0v) is 14.4. The van der Waals surface area contributed by atoms with Crippen LogP contribution in [-0.2, 0) is 11.3 Å². The van der Waals surface area contributed by atoms with Crippen molar-refractivity contribution in [3.05, 3.63) is 35.4 Å². The summed E-state index contributed by atoms with van der Waals surface area (Å²) >= 11 is 0. The lowest BCUT2D eigenvalue weighted by Gasteiger charge is -2.47. The number of likely N-dealkylation sites (N-methyl/N-ethyl adjacent to an activating group) is 1. The maximum absolute atomic E-state index is 12.2. The van der Waals surface area contributed by atoms with Crippen molar-refractivity contribution in [2.45, 2.75) is 31.8 Å². The van der Waals surface area contributed by atoms with Crippen LogP contribution in [0.15, 0.2) is 24.3 Å². The Balaban J connectivity index is 1.60. The van der Waals surface area contributed by atoms with Gasteiger partial charge in [-0.25, -0.2) is 0 Å². The second kappa shape index (κ2) is 7.78. The molecular formula is C19H26N4O. The molecule has 24 heavy (non-hydrogen) atoms. The van der Waals surface area contributed by atoms with Gasteiger partial charge >= 0.3 is 0 Å². The Bertz CT molecular complexity index is 607. The molecule has 2 fully saturated rings. The highest BCUT2D eigenvalue weighted by atomic mass is 16.2. The van der Waals surface area contributed by atoms with Crippen molar-refractivity contribution in [2.75, 3.05) is 33.2 Å². The first-order chi connectivity index (χ1) is 11.7. The molecular weight excluding hydrogens is 300 g/mol. The van der Waals surface area contributed by atoms with Crippen LogP contribution in [0.5, 0.6) is 0 Å². The highest BCUT2D eigenvalue weighted by Gasteiger charge is 2.38. The first-order valence-corrected chi connectivity index (χ1v) is 8.86. The largest absolute Gasteiger partial charge is 0.338 e. The average molecular weight is 326 g/mol. The van der Waals surface area contributed by atoms with E-state index >= 15 is 0 Å². The number of carbonyl (C=O) groups is 1. The van der Waals surface area contributed by atoms with E-state index in [9.17, 15) is 4.79 Å². The van der Waals surface area contributed by atoms with Crippen LogP contribution < -0.4 is 5.32 Å². The van der Waals surface area contributed by atoms with Crippen LogP contribution in [-0.4, -0.2) is 55.0 Å². The second-order valence-corrected chi connectivity index (χ2v) is 6.89. The summed E-state index contributed by atoms with van der Waals surface area (Å²) < 4.78 is 0. The molecule has 0 aliphatic carbocycles. The molecule has 2 aliphatic rings. The lowest BCUT2D eigenvalue weighted by molar-refractivity contribution is -0.141. The van der Waals surface area contributed by atoms with Crippen molar-refractivity contribution in [3.8, 4) is 6.07 Å². The molecule has 128 valence electrons. The van der Waals surface area contributed by atoms with Gasteiger partial charge in [0.1, 0.15) is 0 Å². The quantitative estimate of drug-likeness (QED) is 0.893. The number of rotatable bonds is 5. The molecule has 5 nitrogen and oxygen atoms in total. The number of nitriles is 1. The van der Waals surface area contributed by atoms with Gasteiger partial charge in [0, 0.05) is 45.2 Å². The van der Waals surface area contributed by atoms with E-state index in [-0.39, 0.29) is 0 Å². The Morgan fingerprint density at radius 3 is 2.79 bits per heavy atom. The highest BCUT2D eigenvalue weighted by molar-refractivity contribution is 5.77. The zero-order chi connectivity index (χ0) is 16.9. The summed E-state index contributed by atoms with van der Waals surface area (Å²) in [5, 5.41) is 12.0. The number of fused-ring (bicyclic) bond motifs is 1. The molecule has 2 saturated heterocycles. The van der Waals surface area contributed by atoms with Crippen molar-refractivity contribution in [2.24, 2.45) is 5.92 Å². The van der Waals surface area contributed by atoms with E-state index in [1.54, 1.807) is 0 Å². The predicted molar refractivity (Wildman–Crippen MR) is 93.2 cm³/mol. The van der Waals surface area contributed by atoms with Gasteiger partial charge in [-0.1, -0.05) is 12.1 Å². The summed E-state index contributed by atoms with van der Waals surface area (Å²) in [6.45, 7) is 4.72. The Hall–Kier alpha value is -1.90. The fourth-order valence-corrected chi connectivity index (χ4v) is 4.04. The number of amides is 1. The maximum atomic E-state index is 12.2. The number of likely N-dealkylation sites (tertiary alicyclic amines) is 2. The molecule has 2 aliphatic heterocycles. The van der Waals surface area contributed by atoms with Crippen LogP contribution in [0.25, 0.3) is 0 Å². The molecule has 1 aromatic rings. The van der Waals surface area contributed by atoms with Crippen molar-refractivity contribution < 1.29 is 4.79 Å². The minimum atomic E-state index is 0.326. The Labute approximate surface area is 144 Å². The first kappa shape index (κ1) is 16.9. The number of piperidine rings is 2. The number of nitrogens with zero attached hydrogens (tertiary/aromatic N) is 3. The molecule has 5 heteroatoms. The van der Waals surface area contributed by atoms with Crippen LogP contribution in [0.1, 0.15) is 30.4 Å². The lowest BCUT2D eigenvalue weighted by Crippen LogP contribution is -2.56. The zero-order valence-electron chi connectivity index (χ0n) is 14.4. The van der Waals surface area contributed by atoms with E-state index in [1.165, 1.54) is 5.56 Å². The molecule has 0 aromatic heterocycles. The summed E-state index contributed by atoms with van der Waals surface area (Å²) in [6, 6.07) is 10.5. The SMILES string of the molecule is CNCCN1C(=O)CC[C@H]2CN(Cc3ccc(C#N)cc3)CC[C@H]21. The van der Waals surface area contributed by atoms with Gasteiger partial charge in [-0.05, 0) is 43.5 Å². The molecule has 0 spiro atoms. The van der Waals surface area contributed by atoms with Crippen LogP contribution in [0.2, 0.25) is 0 Å². The Kier molecular flexibility index (Phi) is 5.49. The van der Waals surface area contributed by atoms with Crippen molar-refractivity contribution in [3.63, 3.8) is 0 Å². The van der Waals surface area contributed by atoms with Gasteiger partial charge in [0.15, 0.2) is 0 Å². The summed E-state index contributed by atoms with van der Waals surface area (Å²) in [4.78, 5) is 16.9. The Morgan fingerprint density at radius 1 is 1.29 bits per heavy atom. The van der Waals surface area contributed by atoms with Gasteiger partial charge in [-0.2, -0.15) is 5.26 Å². The summed E-state index contributed by atoms with van der Waals surface area (Å²) in [5.41, 5.74) is 1.97. The summed E-state index contributed by atoms with van der Waals surface area (Å²) in [5.74, 6) is 0.915. The number of benzene rings is 1. The smallest absolute Gasteiger partial charge is 0.222 e.